The van der Waals surface area contributed by atoms with Crippen LogP contribution >= 0.6 is 23.4 Å². The standard InChI is InChI=1S/C39H32ClN3O5S/c1-2-48-39(47)28-20-22-30(23-21-28)41-38(46)35(26-12-5-3-6-13-26)49-32-18-11-17-31(25-32)42-37(45)34(24-29-16-9-10-19-33(29)40)43-36(44)27-14-7-4-8-15-27/h3-25,35H,2H2,1H3,(H,41,46)(H,42,45)(H,43,44)/b34-24+. The van der Waals surface area contributed by atoms with E-state index >= 15 is 0 Å². The molecule has 5 aromatic rings. The zero-order valence-corrected chi connectivity index (χ0v) is 28.0. The zero-order valence-electron chi connectivity index (χ0n) is 26.4. The smallest absolute Gasteiger partial charge is 0.338 e. The minimum absolute atomic E-state index is 0.00414. The second-order valence-corrected chi connectivity index (χ2v) is 12.2. The molecular formula is C39H32ClN3O5S. The van der Waals surface area contributed by atoms with Crippen LogP contribution in [0.15, 0.2) is 144 Å². The number of benzene rings is 5. The molecule has 0 saturated heterocycles. The highest BCUT2D eigenvalue weighted by Crippen LogP contribution is 2.37. The van der Waals surface area contributed by atoms with Gasteiger partial charge in [-0.25, -0.2) is 4.79 Å². The Hall–Kier alpha value is -5.64. The SMILES string of the molecule is CCOC(=O)c1ccc(NC(=O)C(Sc2cccc(NC(=O)/C(=C\c3ccccc3Cl)NC(=O)c3ccccc3)c2)c2ccccc2)cc1. The molecule has 5 rings (SSSR count). The van der Waals surface area contributed by atoms with E-state index in [4.69, 9.17) is 16.3 Å². The number of hydrogen-bond donors (Lipinski definition) is 3. The quantitative estimate of drug-likeness (QED) is 0.0689. The molecule has 8 nitrogen and oxygen atoms in total. The lowest BCUT2D eigenvalue weighted by molar-refractivity contribution is -0.116. The van der Waals surface area contributed by atoms with Gasteiger partial charge in [0.1, 0.15) is 10.9 Å². The molecule has 246 valence electrons. The van der Waals surface area contributed by atoms with Gasteiger partial charge in [-0.05, 0) is 84.8 Å². The summed E-state index contributed by atoms with van der Waals surface area (Å²) in [6.45, 7) is 2.00. The van der Waals surface area contributed by atoms with E-state index in [1.165, 1.54) is 17.8 Å². The van der Waals surface area contributed by atoms with E-state index in [2.05, 4.69) is 16.0 Å². The van der Waals surface area contributed by atoms with Gasteiger partial charge in [0, 0.05) is 26.9 Å². The molecule has 10 heteroatoms. The first-order chi connectivity index (χ1) is 23.8. The van der Waals surface area contributed by atoms with Crippen LogP contribution in [0.4, 0.5) is 11.4 Å². The topological polar surface area (TPSA) is 114 Å². The molecule has 49 heavy (non-hydrogen) atoms. The third kappa shape index (κ3) is 9.70. The molecule has 0 heterocycles. The van der Waals surface area contributed by atoms with Gasteiger partial charge in [-0.15, -0.1) is 11.8 Å². The summed E-state index contributed by atoms with van der Waals surface area (Å²) in [7, 11) is 0. The van der Waals surface area contributed by atoms with Crippen molar-refractivity contribution in [1.82, 2.24) is 5.32 Å². The number of anilines is 2. The zero-order chi connectivity index (χ0) is 34.6. The molecule has 5 aromatic carbocycles. The highest BCUT2D eigenvalue weighted by Gasteiger charge is 2.23. The normalized spacial score (nSPS) is 11.6. The summed E-state index contributed by atoms with van der Waals surface area (Å²) in [5.74, 6) is -1.72. The van der Waals surface area contributed by atoms with Gasteiger partial charge in [-0.1, -0.05) is 84.4 Å². The number of carbonyl (C=O) groups excluding carboxylic acids is 4. The molecule has 0 aliphatic rings. The van der Waals surface area contributed by atoms with Crippen molar-refractivity contribution >= 4 is 64.5 Å². The van der Waals surface area contributed by atoms with E-state index < -0.39 is 23.0 Å². The Morgan fingerprint density at radius 2 is 1.41 bits per heavy atom. The van der Waals surface area contributed by atoms with E-state index in [0.29, 0.717) is 38.0 Å². The Labute approximate surface area is 293 Å². The van der Waals surface area contributed by atoms with E-state index in [-0.39, 0.29) is 18.2 Å². The van der Waals surface area contributed by atoms with Gasteiger partial charge in [-0.2, -0.15) is 0 Å². The molecule has 0 aliphatic heterocycles. The summed E-state index contributed by atoms with van der Waals surface area (Å²) < 4.78 is 5.04. The molecule has 1 atom stereocenters. The Balaban J connectivity index is 1.35. The van der Waals surface area contributed by atoms with Crippen molar-refractivity contribution in [3.63, 3.8) is 0 Å². The summed E-state index contributed by atoms with van der Waals surface area (Å²) in [5.41, 5.74) is 3.08. The van der Waals surface area contributed by atoms with Gasteiger partial charge in [0.2, 0.25) is 5.91 Å². The van der Waals surface area contributed by atoms with Crippen LogP contribution in [0.2, 0.25) is 5.02 Å². The summed E-state index contributed by atoms with van der Waals surface area (Å²) in [6, 6.07) is 38.5. The molecule has 3 amide bonds. The van der Waals surface area contributed by atoms with Crippen molar-refractivity contribution in [2.24, 2.45) is 0 Å². The first-order valence-electron chi connectivity index (χ1n) is 15.3. The maximum absolute atomic E-state index is 13.7. The van der Waals surface area contributed by atoms with Gasteiger partial charge in [0.25, 0.3) is 11.8 Å². The number of ether oxygens (including phenoxy) is 1. The summed E-state index contributed by atoms with van der Waals surface area (Å²) >= 11 is 7.68. The average Bonchev–Trinajstić information content (AvgIpc) is 3.12. The minimum atomic E-state index is -0.655. The number of rotatable bonds is 12. The summed E-state index contributed by atoms with van der Waals surface area (Å²) in [6.07, 6.45) is 1.52. The fraction of sp³-hybridized carbons (Fsp3) is 0.0769. The van der Waals surface area contributed by atoms with Crippen LogP contribution in [-0.4, -0.2) is 30.3 Å². The molecule has 0 saturated carbocycles. The van der Waals surface area contributed by atoms with Crippen LogP contribution in [-0.2, 0) is 14.3 Å². The predicted molar refractivity (Wildman–Crippen MR) is 194 cm³/mol. The Morgan fingerprint density at radius 3 is 2.10 bits per heavy atom. The lowest BCUT2D eigenvalue weighted by atomic mass is 10.1. The van der Waals surface area contributed by atoms with Crippen LogP contribution in [0, 0.1) is 0 Å². The van der Waals surface area contributed by atoms with Crippen molar-refractivity contribution in [2.75, 3.05) is 17.2 Å². The lowest BCUT2D eigenvalue weighted by Crippen LogP contribution is -2.30. The van der Waals surface area contributed by atoms with Crippen molar-refractivity contribution in [3.05, 3.63) is 166 Å². The highest BCUT2D eigenvalue weighted by atomic mass is 35.5. The molecule has 0 bridgehead atoms. The fourth-order valence-corrected chi connectivity index (χ4v) is 5.96. The molecule has 0 radical (unpaired) electrons. The highest BCUT2D eigenvalue weighted by molar-refractivity contribution is 8.00. The van der Waals surface area contributed by atoms with Crippen molar-refractivity contribution in [2.45, 2.75) is 17.1 Å². The molecule has 0 aromatic heterocycles. The van der Waals surface area contributed by atoms with E-state index in [9.17, 15) is 19.2 Å². The van der Waals surface area contributed by atoms with Gasteiger partial charge in [0.15, 0.2) is 0 Å². The third-order valence-corrected chi connectivity index (χ3v) is 8.68. The van der Waals surface area contributed by atoms with Crippen molar-refractivity contribution in [3.8, 4) is 0 Å². The second kappa shape index (κ2) is 17.0. The average molecular weight is 690 g/mol. The number of thioether (sulfide) groups is 1. The number of nitrogens with one attached hydrogen (secondary N) is 3. The molecule has 1 unspecified atom stereocenters. The largest absolute Gasteiger partial charge is 0.462 e. The first kappa shape index (κ1) is 34.7. The number of carbonyl (C=O) groups is 4. The predicted octanol–water partition coefficient (Wildman–Crippen LogP) is 8.40. The van der Waals surface area contributed by atoms with Gasteiger partial charge in [0.05, 0.1) is 12.2 Å². The fourth-order valence-electron chi connectivity index (χ4n) is 4.68. The van der Waals surface area contributed by atoms with Crippen LogP contribution in [0.5, 0.6) is 0 Å². The van der Waals surface area contributed by atoms with E-state index in [1.807, 2.05) is 36.4 Å². The maximum Gasteiger partial charge on any atom is 0.338 e. The summed E-state index contributed by atoms with van der Waals surface area (Å²) in [5, 5.41) is 8.29. The van der Waals surface area contributed by atoms with Gasteiger partial charge in [-0.3, -0.25) is 14.4 Å². The molecule has 0 aliphatic carbocycles. The van der Waals surface area contributed by atoms with E-state index in [0.717, 1.165) is 5.56 Å². The van der Waals surface area contributed by atoms with E-state index in [1.54, 1.807) is 104 Å². The third-order valence-electron chi connectivity index (χ3n) is 7.08. The van der Waals surface area contributed by atoms with Crippen molar-refractivity contribution in [1.29, 1.82) is 0 Å². The van der Waals surface area contributed by atoms with Crippen LogP contribution in [0.25, 0.3) is 6.08 Å². The maximum atomic E-state index is 13.7. The van der Waals surface area contributed by atoms with Crippen LogP contribution < -0.4 is 16.0 Å². The monoisotopic (exact) mass is 689 g/mol. The second-order valence-electron chi connectivity index (χ2n) is 10.6. The van der Waals surface area contributed by atoms with Crippen LogP contribution in [0.3, 0.4) is 0 Å². The Kier molecular flexibility index (Phi) is 12.0. The Bertz CT molecular complexity index is 1970. The number of amides is 3. The van der Waals surface area contributed by atoms with Gasteiger partial charge < -0.3 is 20.7 Å². The van der Waals surface area contributed by atoms with Gasteiger partial charge >= 0.3 is 5.97 Å². The lowest BCUT2D eigenvalue weighted by Gasteiger charge is -2.18. The molecule has 3 N–H and O–H groups in total. The summed E-state index contributed by atoms with van der Waals surface area (Å²) in [4.78, 5) is 53.1. The molecular weight excluding hydrogens is 658 g/mol. The number of hydrogen-bond acceptors (Lipinski definition) is 6. The van der Waals surface area contributed by atoms with Crippen molar-refractivity contribution < 1.29 is 23.9 Å². The minimum Gasteiger partial charge on any atom is -0.462 e. The molecule has 0 spiro atoms. The number of esters is 1. The number of halogens is 1. The first-order valence-corrected chi connectivity index (χ1v) is 16.6. The van der Waals surface area contributed by atoms with Crippen LogP contribution in [0.1, 0.15) is 44.0 Å². The molecule has 0 fully saturated rings. The Morgan fingerprint density at radius 1 is 0.735 bits per heavy atom.